The lowest BCUT2D eigenvalue weighted by molar-refractivity contribution is -0.206. The van der Waals surface area contributed by atoms with E-state index in [0.717, 1.165) is 32.8 Å². The summed E-state index contributed by atoms with van der Waals surface area (Å²) in [5.74, 6) is 0. The average Bonchev–Trinajstić information content (AvgIpc) is 2.13. The van der Waals surface area contributed by atoms with Gasteiger partial charge in [-0.3, -0.25) is 4.90 Å². The van der Waals surface area contributed by atoms with Crippen LogP contribution in [0.2, 0.25) is 0 Å². The van der Waals surface area contributed by atoms with Crippen LogP contribution in [0.4, 0.5) is 4.79 Å². The van der Waals surface area contributed by atoms with Crippen LogP contribution in [0, 0.1) is 5.41 Å². The molecule has 0 aromatic rings. The van der Waals surface area contributed by atoms with Crippen LogP contribution in [-0.2, 0) is 9.47 Å². The normalized spacial score (nSPS) is 30.5. The molecule has 3 aliphatic heterocycles. The standard InChI is InChI=1S/C14H24N2O3/c1-10-14(9-16(10)11-5-18-6-11)7-15(8-14)12(17)19-13(2,3)4/h10-11H,5-9H2,1-4H3. The molecule has 0 radical (unpaired) electrons. The Bertz CT molecular complexity index is 381. The van der Waals surface area contributed by atoms with Crippen LogP contribution in [0.25, 0.3) is 0 Å². The van der Waals surface area contributed by atoms with Gasteiger partial charge in [0.1, 0.15) is 5.60 Å². The number of hydrogen-bond donors (Lipinski definition) is 0. The monoisotopic (exact) mass is 268 g/mol. The molecule has 5 nitrogen and oxygen atoms in total. The van der Waals surface area contributed by atoms with E-state index in [1.165, 1.54) is 0 Å². The molecule has 0 aliphatic carbocycles. The van der Waals surface area contributed by atoms with Gasteiger partial charge in [0.2, 0.25) is 0 Å². The fraction of sp³-hybridized carbons (Fsp3) is 0.929. The predicted molar refractivity (Wildman–Crippen MR) is 71.0 cm³/mol. The third-order valence-electron chi connectivity index (χ3n) is 4.63. The Kier molecular flexibility index (Phi) is 2.84. The summed E-state index contributed by atoms with van der Waals surface area (Å²) in [5, 5.41) is 0. The van der Waals surface area contributed by atoms with Gasteiger partial charge in [-0.15, -0.1) is 0 Å². The summed E-state index contributed by atoms with van der Waals surface area (Å²) in [7, 11) is 0. The van der Waals surface area contributed by atoms with Crippen molar-refractivity contribution >= 4 is 6.09 Å². The van der Waals surface area contributed by atoms with Crippen LogP contribution in [-0.4, -0.2) is 66.4 Å². The molecular weight excluding hydrogens is 244 g/mol. The summed E-state index contributed by atoms with van der Waals surface area (Å²) in [6, 6.07) is 1.16. The van der Waals surface area contributed by atoms with Crippen LogP contribution in [0.3, 0.4) is 0 Å². The van der Waals surface area contributed by atoms with E-state index >= 15 is 0 Å². The minimum atomic E-state index is -0.402. The molecule has 1 spiro atoms. The van der Waals surface area contributed by atoms with Gasteiger partial charge in [-0.05, 0) is 27.7 Å². The molecule has 1 atom stereocenters. The van der Waals surface area contributed by atoms with Crippen molar-refractivity contribution in [3.05, 3.63) is 0 Å². The SMILES string of the molecule is CC1N(C2COC2)CC12CN(C(=O)OC(C)(C)C)C2. The quantitative estimate of drug-likeness (QED) is 0.719. The second-order valence-electron chi connectivity index (χ2n) is 7.24. The summed E-state index contributed by atoms with van der Waals surface area (Å²) in [6.07, 6.45) is -0.171. The van der Waals surface area contributed by atoms with Gasteiger partial charge in [0.25, 0.3) is 0 Å². The highest BCUT2D eigenvalue weighted by Gasteiger charge is 2.60. The fourth-order valence-corrected chi connectivity index (χ4v) is 3.27. The molecule has 1 amide bonds. The van der Waals surface area contributed by atoms with Gasteiger partial charge in [-0.1, -0.05) is 0 Å². The first kappa shape index (κ1) is 13.2. The van der Waals surface area contributed by atoms with E-state index in [2.05, 4.69) is 11.8 Å². The number of carbonyl (C=O) groups excluding carboxylic acids is 1. The van der Waals surface area contributed by atoms with E-state index in [1.54, 1.807) is 0 Å². The lowest BCUT2D eigenvalue weighted by atomic mass is 9.66. The van der Waals surface area contributed by atoms with Crippen molar-refractivity contribution in [3.63, 3.8) is 0 Å². The Balaban J connectivity index is 1.49. The van der Waals surface area contributed by atoms with Gasteiger partial charge >= 0.3 is 6.09 Å². The first-order valence-electron chi connectivity index (χ1n) is 7.12. The predicted octanol–water partition coefficient (Wildman–Crippen LogP) is 1.33. The number of carbonyl (C=O) groups is 1. The molecule has 5 heteroatoms. The maximum Gasteiger partial charge on any atom is 0.410 e. The van der Waals surface area contributed by atoms with Crippen LogP contribution >= 0.6 is 0 Å². The van der Waals surface area contributed by atoms with Gasteiger partial charge in [0, 0.05) is 31.1 Å². The zero-order valence-electron chi connectivity index (χ0n) is 12.3. The Labute approximate surface area is 114 Å². The maximum absolute atomic E-state index is 11.9. The van der Waals surface area contributed by atoms with Crippen molar-refractivity contribution in [2.24, 2.45) is 5.41 Å². The molecule has 108 valence electrons. The zero-order valence-corrected chi connectivity index (χ0v) is 12.3. The number of ether oxygens (including phenoxy) is 2. The molecule has 3 aliphatic rings. The Hall–Kier alpha value is -0.810. The number of rotatable bonds is 1. The summed E-state index contributed by atoms with van der Waals surface area (Å²) in [5.41, 5.74) is -0.0904. The van der Waals surface area contributed by atoms with E-state index in [1.807, 2.05) is 25.7 Å². The van der Waals surface area contributed by atoms with Crippen LogP contribution in [0.5, 0.6) is 0 Å². The number of nitrogens with zero attached hydrogens (tertiary/aromatic N) is 2. The van der Waals surface area contributed by atoms with E-state index in [0.29, 0.717) is 17.5 Å². The summed E-state index contributed by atoms with van der Waals surface area (Å²) >= 11 is 0. The van der Waals surface area contributed by atoms with Gasteiger partial charge in [-0.2, -0.15) is 0 Å². The van der Waals surface area contributed by atoms with Gasteiger partial charge in [0.15, 0.2) is 0 Å². The molecule has 3 saturated heterocycles. The minimum Gasteiger partial charge on any atom is -0.444 e. The highest BCUT2D eigenvalue weighted by molar-refractivity contribution is 5.69. The van der Waals surface area contributed by atoms with Crippen LogP contribution in [0.15, 0.2) is 0 Å². The van der Waals surface area contributed by atoms with E-state index in [-0.39, 0.29) is 6.09 Å². The first-order valence-corrected chi connectivity index (χ1v) is 7.12. The van der Waals surface area contributed by atoms with Crippen molar-refractivity contribution in [2.45, 2.75) is 45.4 Å². The van der Waals surface area contributed by atoms with Crippen LogP contribution < -0.4 is 0 Å². The molecule has 3 fully saturated rings. The number of likely N-dealkylation sites (tertiary alicyclic amines) is 2. The lowest BCUT2D eigenvalue weighted by Gasteiger charge is -2.66. The second kappa shape index (κ2) is 4.09. The average molecular weight is 268 g/mol. The number of hydrogen-bond acceptors (Lipinski definition) is 4. The summed E-state index contributed by atoms with van der Waals surface area (Å²) in [6.45, 7) is 12.5. The topological polar surface area (TPSA) is 42.0 Å². The molecule has 3 heterocycles. The summed E-state index contributed by atoms with van der Waals surface area (Å²) in [4.78, 5) is 16.3. The smallest absolute Gasteiger partial charge is 0.410 e. The van der Waals surface area contributed by atoms with E-state index < -0.39 is 5.60 Å². The van der Waals surface area contributed by atoms with Crippen molar-refractivity contribution in [1.82, 2.24) is 9.80 Å². The Morgan fingerprint density at radius 2 is 1.89 bits per heavy atom. The highest BCUT2D eigenvalue weighted by Crippen LogP contribution is 2.47. The molecule has 3 rings (SSSR count). The van der Waals surface area contributed by atoms with Crippen LogP contribution in [0.1, 0.15) is 27.7 Å². The third-order valence-corrected chi connectivity index (χ3v) is 4.63. The van der Waals surface area contributed by atoms with Crippen molar-refractivity contribution in [2.75, 3.05) is 32.8 Å². The summed E-state index contributed by atoms with van der Waals surface area (Å²) < 4.78 is 10.6. The maximum atomic E-state index is 11.9. The second-order valence-corrected chi connectivity index (χ2v) is 7.24. The first-order chi connectivity index (χ1) is 8.81. The molecule has 1 unspecified atom stereocenters. The molecule has 0 N–H and O–H groups in total. The molecule has 0 aromatic heterocycles. The zero-order chi connectivity index (χ0) is 13.8. The van der Waals surface area contributed by atoms with E-state index in [9.17, 15) is 4.79 Å². The molecular formula is C14H24N2O3. The largest absolute Gasteiger partial charge is 0.444 e. The van der Waals surface area contributed by atoms with Crippen molar-refractivity contribution in [3.8, 4) is 0 Å². The van der Waals surface area contributed by atoms with Crippen molar-refractivity contribution < 1.29 is 14.3 Å². The minimum absolute atomic E-state index is 0.171. The molecule has 0 saturated carbocycles. The third kappa shape index (κ3) is 2.13. The molecule has 0 aromatic carbocycles. The number of amides is 1. The van der Waals surface area contributed by atoms with Gasteiger partial charge < -0.3 is 14.4 Å². The van der Waals surface area contributed by atoms with Crippen molar-refractivity contribution in [1.29, 1.82) is 0 Å². The van der Waals surface area contributed by atoms with Gasteiger partial charge in [-0.25, -0.2) is 4.79 Å². The Morgan fingerprint density at radius 3 is 2.32 bits per heavy atom. The molecule has 19 heavy (non-hydrogen) atoms. The fourth-order valence-electron chi connectivity index (χ4n) is 3.27. The van der Waals surface area contributed by atoms with E-state index in [4.69, 9.17) is 9.47 Å². The van der Waals surface area contributed by atoms with Gasteiger partial charge in [0.05, 0.1) is 19.3 Å². The highest BCUT2D eigenvalue weighted by atomic mass is 16.6. The Morgan fingerprint density at radius 1 is 1.26 bits per heavy atom. The molecule has 0 bridgehead atoms. The lowest BCUT2D eigenvalue weighted by Crippen LogP contribution is -2.80.